The van der Waals surface area contributed by atoms with E-state index in [0.29, 0.717) is 45.3 Å². The molecule has 122 valence electrons. The summed E-state index contributed by atoms with van der Waals surface area (Å²) in [4.78, 5) is 4.57. The molecule has 0 aliphatic carbocycles. The second kappa shape index (κ2) is 5.85. The average Bonchev–Trinajstić information content (AvgIpc) is 2.94. The van der Waals surface area contributed by atoms with Crippen molar-refractivity contribution in [3.05, 3.63) is 70.7 Å². The van der Waals surface area contributed by atoms with Gasteiger partial charge in [0.1, 0.15) is 11.5 Å². The Labute approximate surface area is 142 Å². The van der Waals surface area contributed by atoms with Gasteiger partial charge in [-0.2, -0.15) is 10.4 Å². The maximum atomic E-state index is 14.4. The summed E-state index contributed by atoms with van der Waals surface area (Å²) in [5.74, 6) is 0.00778. The fraction of sp³-hybridized carbons (Fsp3) is 0.0556. The predicted molar refractivity (Wildman–Crippen MR) is 90.6 cm³/mol. The molecule has 0 unspecified atom stereocenters. The number of benzene rings is 2. The number of nitrogens with one attached hydrogen (secondary N) is 2. The lowest BCUT2D eigenvalue weighted by atomic mass is 9.98. The van der Waals surface area contributed by atoms with Crippen LogP contribution in [-0.2, 0) is 6.61 Å². The lowest BCUT2D eigenvalue weighted by Gasteiger charge is -2.11. The van der Waals surface area contributed by atoms with Gasteiger partial charge >= 0.3 is 0 Å². The van der Waals surface area contributed by atoms with Crippen LogP contribution in [0.1, 0.15) is 22.4 Å². The summed E-state index contributed by atoms with van der Waals surface area (Å²) in [7, 11) is 0. The summed E-state index contributed by atoms with van der Waals surface area (Å²) in [6.45, 7) is -0.280. The first-order chi connectivity index (χ1) is 12.2. The van der Waals surface area contributed by atoms with Crippen LogP contribution in [0.25, 0.3) is 0 Å². The van der Waals surface area contributed by atoms with E-state index in [2.05, 4.69) is 26.6 Å². The number of H-pyrrole nitrogens is 1. The lowest BCUT2D eigenvalue weighted by molar-refractivity contribution is 0.277. The molecule has 0 bridgehead atoms. The molecule has 25 heavy (non-hydrogen) atoms. The zero-order chi connectivity index (χ0) is 17.4. The standard InChI is InChI=1S/C18H12FN5O/c19-13-4-2-1-3-11(13)16-12-7-10(8-20)5-6-14(12)21-18-17(22-16)15(9-25)23-24-18/h1-7,25H,9H2,(H2,21,23,24). The zero-order valence-corrected chi connectivity index (χ0v) is 12.9. The molecule has 4 rings (SSSR count). The smallest absolute Gasteiger partial charge is 0.178 e. The molecule has 2 heterocycles. The molecule has 0 fully saturated rings. The number of aromatic amines is 1. The number of nitriles is 1. The van der Waals surface area contributed by atoms with Gasteiger partial charge in [0.15, 0.2) is 5.82 Å². The van der Waals surface area contributed by atoms with E-state index in [1.54, 1.807) is 36.4 Å². The molecule has 1 aliphatic heterocycles. The number of hydrogen-bond donors (Lipinski definition) is 3. The third-order valence-electron chi connectivity index (χ3n) is 3.98. The highest BCUT2D eigenvalue weighted by Crippen LogP contribution is 2.37. The fourth-order valence-corrected chi connectivity index (χ4v) is 2.77. The Morgan fingerprint density at radius 3 is 2.76 bits per heavy atom. The summed E-state index contributed by atoms with van der Waals surface area (Å²) in [6, 6.07) is 13.4. The van der Waals surface area contributed by atoms with Crippen molar-refractivity contribution < 1.29 is 9.50 Å². The van der Waals surface area contributed by atoms with E-state index >= 15 is 0 Å². The molecule has 7 heteroatoms. The molecule has 3 aromatic rings. The number of nitrogens with zero attached hydrogens (tertiary/aromatic N) is 3. The van der Waals surface area contributed by atoms with Gasteiger partial charge in [-0.05, 0) is 30.3 Å². The zero-order valence-electron chi connectivity index (χ0n) is 12.9. The van der Waals surface area contributed by atoms with Crippen LogP contribution >= 0.6 is 0 Å². The number of hydrogen-bond acceptors (Lipinski definition) is 5. The molecule has 2 aromatic carbocycles. The van der Waals surface area contributed by atoms with Crippen LogP contribution in [0.2, 0.25) is 0 Å². The fourth-order valence-electron chi connectivity index (χ4n) is 2.77. The molecule has 0 amide bonds. The number of rotatable bonds is 2. The molecule has 1 aliphatic rings. The normalized spacial score (nSPS) is 12.3. The molecule has 1 aromatic heterocycles. The van der Waals surface area contributed by atoms with Crippen molar-refractivity contribution in [3.8, 4) is 6.07 Å². The maximum Gasteiger partial charge on any atom is 0.178 e. The molecular weight excluding hydrogens is 321 g/mol. The predicted octanol–water partition coefficient (Wildman–Crippen LogP) is 3.14. The van der Waals surface area contributed by atoms with Gasteiger partial charge in [0.05, 0.1) is 29.6 Å². The van der Waals surface area contributed by atoms with Crippen molar-refractivity contribution in [3.63, 3.8) is 0 Å². The Bertz CT molecular complexity index is 1050. The Morgan fingerprint density at radius 2 is 2.00 bits per heavy atom. The maximum absolute atomic E-state index is 14.4. The van der Waals surface area contributed by atoms with Crippen molar-refractivity contribution in [1.29, 1.82) is 5.26 Å². The topological polar surface area (TPSA) is 97.1 Å². The number of aliphatic hydroxyl groups is 1. The lowest BCUT2D eigenvalue weighted by Crippen LogP contribution is -2.08. The van der Waals surface area contributed by atoms with E-state index < -0.39 is 5.82 Å². The van der Waals surface area contributed by atoms with Crippen molar-refractivity contribution in [2.24, 2.45) is 4.99 Å². The number of aliphatic imine (C=N–C) groups is 1. The molecule has 0 spiro atoms. The minimum atomic E-state index is -0.424. The van der Waals surface area contributed by atoms with E-state index in [4.69, 9.17) is 0 Å². The highest BCUT2D eigenvalue weighted by Gasteiger charge is 2.23. The quantitative estimate of drug-likeness (QED) is 0.525. The minimum Gasteiger partial charge on any atom is -0.390 e. The second-order valence-electron chi connectivity index (χ2n) is 5.49. The summed E-state index contributed by atoms with van der Waals surface area (Å²) in [5.41, 5.74) is 3.18. The van der Waals surface area contributed by atoms with Crippen molar-refractivity contribution in [1.82, 2.24) is 10.2 Å². The van der Waals surface area contributed by atoms with Gasteiger partial charge in [-0.25, -0.2) is 9.38 Å². The van der Waals surface area contributed by atoms with Gasteiger partial charge in [-0.1, -0.05) is 12.1 Å². The first kappa shape index (κ1) is 15.1. The van der Waals surface area contributed by atoms with Gasteiger partial charge < -0.3 is 10.4 Å². The third kappa shape index (κ3) is 2.45. The van der Waals surface area contributed by atoms with Gasteiger partial charge in [0.25, 0.3) is 0 Å². The number of halogens is 1. The van der Waals surface area contributed by atoms with Crippen molar-refractivity contribution in [2.75, 3.05) is 5.32 Å². The first-order valence-electron chi connectivity index (χ1n) is 7.54. The number of aliphatic hydroxyl groups excluding tert-OH is 1. The van der Waals surface area contributed by atoms with Crippen LogP contribution in [0.5, 0.6) is 0 Å². The second-order valence-corrected chi connectivity index (χ2v) is 5.49. The van der Waals surface area contributed by atoms with E-state index in [-0.39, 0.29) is 6.61 Å². The highest BCUT2D eigenvalue weighted by molar-refractivity contribution is 6.18. The van der Waals surface area contributed by atoms with Crippen LogP contribution in [-0.4, -0.2) is 21.0 Å². The molecule has 0 saturated heterocycles. The average molecular weight is 333 g/mol. The number of aromatic nitrogens is 2. The van der Waals surface area contributed by atoms with Gasteiger partial charge in [-0.3, -0.25) is 5.10 Å². The summed E-state index contributed by atoms with van der Waals surface area (Å²) >= 11 is 0. The van der Waals surface area contributed by atoms with Crippen molar-refractivity contribution >= 4 is 22.9 Å². The third-order valence-corrected chi connectivity index (χ3v) is 3.98. The summed E-state index contributed by atoms with van der Waals surface area (Å²) in [6.07, 6.45) is 0. The van der Waals surface area contributed by atoms with E-state index in [1.165, 1.54) is 6.07 Å². The van der Waals surface area contributed by atoms with Crippen LogP contribution in [0.4, 0.5) is 21.6 Å². The van der Waals surface area contributed by atoms with Crippen LogP contribution < -0.4 is 5.32 Å². The number of fused-ring (bicyclic) bond motifs is 2. The molecule has 6 nitrogen and oxygen atoms in total. The molecule has 0 atom stereocenters. The Morgan fingerprint density at radius 1 is 1.16 bits per heavy atom. The Kier molecular flexibility index (Phi) is 3.52. The van der Waals surface area contributed by atoms with E-state index in [1.807, 2.05) is 0 Å². The SMILES string of the molecule is N#Cc1ccc2c(c1)C(c1ccccc1F)=Nc1c(n[nH]c1CO)N2. The van der Waals surface area contributed by atoms with Crippen molar-refractivity contribution in [2.45, 2.75) is 6.61 Å². The van der Waals surface area contributed by atoms with Gasteiger partial charge in [0, 0.05) is 16.8 Å². The molecular formula is C18H12FN5O. The van der Waals surface area contributed by atoms with E-state index in [9.17, 15) is 14.8 Å². The summed E-state index contributed by atoms with van der Waals surface area (Å²) in [5, 5.41) is 28.7. The number of anilines is 2. The Hall–Kier alpha value is -3.50. The largest absolute Gasteiger partial charge is 0.390 e. The van der Waals surface area contributed by atoms with Crippen LogP contribution in [0.3, 0.4) is 0 Å². The minimum absolute atomic E-state index is 0.280. The first-order valence-corrected chi connectivity index (χ1v) is 7.54. The van der Waals surface area contributed by atoms with Gasteiger partial charge in [-0.15, -0.1) is 0 Å². The van der Waals surface area contributed by atoms with E-state index in [0.717, 1.165) is 0 Å². The molecule has 3 N–H and O–H groups in total. The van der Waals surface area contributed by atoms with Crippen LogP contribution in [0, 0.1) is 17.1 Å². The van der Waals surface area contributed by atoms with Crippen LogP contribution in [0.15, 0.2) is 47.5 Å². The molecule has 0 saturated carbocycles. The van der Waals surface area contributed by atoms with Gasteiger partial charge in [0.2, 0.25) is 0 Å². The monoisotopic (exact) mass is 333 g/mol. The highest BCUT2D eigenvalue weighted by atomic mass is 19.1. The molecule has 0 radical (unpaired) electrons. The summed E-state index contributed by atoms with van der Waals surface area (Å²) < 4.78 is 14.4. The Balaban J connectivity index is 2.04.